The standard InChI is InChI=1S/C22H33N5OS/c1-5-23-22(25-10-16(2)20-8-9-29-15-20)26-12-19-6-7-21(24-11-19)27-13-17(3)28-18(4)14-27/h6-9,11,15-18H,5,10,12-14H2,1-4H3,(H2,23,25,26). The molecule has 3 atom stereocenters. The zero-order valence-electron chi connectivity index (χ0n) is 17.9. The number of nitrogens with zero attached hydrogens (tertiary/aromatic N) is 3. The van der Waals surface area contributed by atoms with Crippen molar-refractivity contribution in [1.29, 1.82) is 0 Å². The number of anilines is 1. The summed E-state index contributed by atoms with van der Waals surface area (Å²) >= 11 is 1.74. The van der Waals surface area contributed by atoms with Crippen LogP contribution in [0.4, 0.5) is 5.82 Å². The van der Waals surface area contributed by atoms with Crippen molar-refractivity contribution in [3.05, 3.63) is 46.3 Å². The Morgan fingerprint density at radius 3 is 2.69 bits per heavy atom. The van der Waals surface area contributed by atoms with E-state index in [2.05, 4.69) is 77.2 Å². The van der Waals surface area contributed by atoms with Crippen molar-refractivity contribution >= 4 is 23.1 Å². The highest BCUT2D eigenvalue weighted by Gasteiger charge is 2.22. The lowest BCUT2D eigenvalue weighted by Gasteiger charge is -2.36. The fourth-order valence-electron chi connectivity index (χ4n) is 3.50. The number of rotatable bonds is 7. The minimum atomic E-state index is 0.232. The van der Waals surface area contributed by atoms with Gasteiger partial charge in [0.25, 0.3) is 0 Å². The summed E-state index contributed by atoms with van der Waals surface area (Å²) in [5, 5.41) is 11.1. The van der Waals surface area contributed by atoms with Gasteiger partial charge in [-0.2, -0.15) is 11.3 Å². The van der Waals surface area contributed by atoms with Crippen molar-refractivity contribution < 1.29 is 4.74 Å². The fourth-order valence-corrected chi connectivity index (χ4v) is 4.28. The van der Waals surface area contributed by atoms with E-state index < -0.39 is 0 Å². The summed E-state index contributed by atoms with van der Waals surface area (Å²) < 4.78 is 5.81. The number of aliphatic imine (C=N–C) groups is 1. The first-order valence-electron chi connectivity index (χ1n) is 10.4. The van der Waals surface area contributed by atoms with Gasteiger partial charge in [-0.3, -0.25) is 0 Å². The Kier molecular flexibility index (Phi) is 7.89. The van der Waals surface area contributed by atoms with E-state index in [1.807, 2.05) is 6.20 Å². The van der Waals surface area contributed by atoms with Crippen molar-refractivity contribution in [2.24, 2.45) is 4.99 Å². The Morgan fingerprint density at radius 2 is 2.07 bits per heavy atom. The zero-order valence-corrected chi connectivity index (χ0v) is 18.7. The molecule has 6 nitrogen and oxygen atoms in total. The first-order chi connectivity index (χ1) is 14.0. The van der Waals surface area contributed by atoms with Crippen LogP contribution in [0.1, 0.15) is 44.7 Å². The van der Waals surface area contributed by atoms with Crippen molar-refractivity contribution in [3.63, 3.8) is 0 Å². The number of guanidine groups is 1. The Balaban J connectivity index is 1.56. The highest BCUT2D eigenvalue weighted by Crippen LogP contribution is 2.19. The number of hydrogen-bond donors (Lipinski definition) is 2. The number of pyridine rings is 1. The molecule has 3 heterocycles. The zero-order chi connectivity index (χ0) is 20.6. The molecule has 3 rings (SSSR count). The van der Waals surface area contributed by atoms with Gasteiger partial charge in [-0.25, -0.2) is 9.98 Å². The van der Waals surface area contributed by atoms with Gasteiger partial charge in [-0.1, -0.05) is 13.0 Å². The number of morpholine rings is 1. The highest BCUT2D eigenvalue weighted by molar-refractivity contribution is 7.07. The number of hydrogen-bond acceptors (Lipinski definition) is 5. The van der Waals surface area contributed by atoms with Crippen molar-refractivity contribution in [2.45, 2.75) is 52.4 Å². The predicted octanol–water partition coefficient (Wildman–Crippen LogP) is 3.62. The molecular weight excluding hydrogens is 382 g/mol. The van der Waals surface area contributed by atoms with E-state index in [9.17, 15) is 0 Å². The average molecular weight is 416 g/mol. The molecule has 2 aromatic rings. The Bertz CT molecular complexity index is 752. The Labute approximate surface area is 178 Å². The minimum absolute atomic E-state index is 0.232. The number of nitrogens with one attached hydrogen (secondary N) is 2. The summed E-state index contributed by atoms with van der Waals surface area (Å²) in [6, 6.07) is 6.40. The Hall–Kier alpha value is -2.12. The molecule has 1 fully saturated rings. The average Bonchev–Trinajstić information content (AvgIpc) is 3.24. The summed E-state index contributed by atoms with van der Waals surface area (Å²) in [4.78, 5) is 11.7. The topological polar surface area (TPSA) is 61.8 Å². The van der Waals surface area contributed by atoms with E-state index in [-0.39, 0.29) is 12.2 Å². The fraction of sp³-hybridized carbons (Fsp3) is 0.545. The van der Waals surface area contributed by atoms with Gasteiger partial charge >= 0.3 is 0 Å². The van der Waals surface area contributed by atoms with Crippen LogP contribution in [-0.4, -0.2) is 49.3 Å². The van der Waals surface area contributed by atoms with Crippen LogP contribution in [0.2, 0.25) is 0 Å². The third kappa shape index (κ3) is 6.44. The summed E-state index contributed by atoms with van der Waals surface area (Å²) in [5.74, 6) is 2.30. The predicted molar refractivity (Wildman–Crippen MR) is 122 cm³/mol. The number of thiophene rings is 1. The lowest BCUT2D eigenvalue weighted by molar-refractivity contribution is -0.00545. The van der Waals surface area contributed by atoms with Crippen molar-refractivity contribution in [1.82, 2.24) is 15.6 Å². The molecule has 0 aromatic carbocycles. The molecule has 1 saturated heterocycles. The SMILES string of the molecule is CCNC(=NCc1ccc(N2CC(C)OC(C)C2)nc1)NCC(C)c1ccsc1. The van der Waals surface area contributed by atoms with Crippen LogP contribution >= 0.6 is 11.3 Å². The summed E-state index contributed by atoms with van der Waals surface area (Å²) in [6.07, 6.45) is 2.39. The van der Waals surface area contributed by atoms with Crippen LogP contribution in [0.3, 0.4) is 0 Å². The summed E-state index contributed by atoms with van der Waals surface area (Å²) in [5.41, 5.74) is 2.47. The molecule has 0 bridgehead atoms. The molecule has 0 saturated carbocycles. The van der Waals surface area contributed by atoms with E-state index in [0.717, 1.165) is 43.5 Å². The molecule has 1 aliphatic rings. The van der Waals surface area contributed by atoms with E-state index in [4.69, 9.17) is 9.73 Å². The monoisotopic (exact) mass is 415 g/mol. The van der Waals surface area contributed by atoms with Crippen molar-refractivity contribution in [3.8, 4) is 0 Å². The van der Waals surface area contributed by atoms with E-state index in [1.165, 1.54) is 5.56 Å². The molecule has 1 aliphatic heterocycles. The first-order valence-corrected chi connectivity index (χ1v) is 11.4. The second kappa shape index (κ2) is 10.6. The van der Waals surface area contributed by atoms with Gasteiger partial charge in [0.2, 0.25) is 0 Å². The number of ether oxygens (including phenoxy) is 1. The summed E-state index contributed by atoms with van der Waals surface area (Å²) in [7, 11) is 0. The van der Waals surface area contributed by atoms with Gasteiger partial charge in [-0.05, 0) is 60.7 Å². The molecule has 7 heteroatoms. The molecular formula is C22H33N5OS. The van der Waals surface area contributed by atoms with E-state index >= 15 is 0 Å². The lowest BCUT2D eigenvalue weighted by Crippen LogP contribution is -2.45. The van der Waals surface area contributed by atoms with Crippen LogP contribution in [-0.2, 0) is 11.3 Å². The molecule has 0 radical (unpaired) electrons. The van der Waals surface area contributed by atoms with Gasteiger partial charge in [0, 0.05) is 32.4 Å². The van der Waals surface area contributed by atoms with Gasteiger partial charge in [0.15, 0.2) is 5.96 Å². The van der Waals surface area contributed by atoms with Gasteiger partial charge in [-0.15, -0.1) is 0 Å². The van der Waals surface area contributed by atoms with Crippen LogP contribution in [0.25, 0.3) is 0 Å². The number of aromatic nitrogens is 1. The van der Waals surface area contributed by atoms with Crippen LogP contribution in [0, 0.1) is 0 Å². The van der Waals surface area contributed by atoms with Crippen molar-refractivity contribution in [2.75, 3.05) is 31.1 Å². The molecule has 29 heavy (non-hydrogen) atoms. The quantitative estimate of drug-likeness (QED) is 0.534. The molecule has 2 aromatic heterocycles. The molecule has 158 valence electrons. The maximum absolute atomic E-state index is 5.81. The van der Waals surface area contributed by atoms with Crippen LogP contribution in [0.15, 0.2) is 40.1 Å². The lowest BCUT2D eigenvalue weighted by atomic mass is 10.1. The van der Waals surface area contributed by atoms with E-state index in [1.54, 1.807) is 11.3 Å². The summed E-state index contributed by atoms with van der Waals surface area (Å²) in [6.45, 7) is 12.6. The molecule has 0 aliphatic carbocycles. The molecule has 3 unspecified atom stereocenters. The van der Waals surface area contributed by atoms with Crippen LogP contribution in [0.5, 0.6) is 0 Å². The minimum Gasteiger partial charge on any atom is -0.372 e. The van der Waals surface area contributed by atoms with Gasteiger partial charge < -0.3 is 20.3 Å². The second-order valence-electron chi connectivity index (χ2n) is 7.72. The largest absolute Gasteiger partial charge is 0.372 e. The maximum Gasteiger partial charge on any atom is 0.191 e. The maximum atomic E-state index is 5.81. The van der Waals surface area contributed by atoms with Gasteiger partial charge in [0.05, 0.1) is 18.8 Å². The molecule has 0 amide bonds. The van der Waals surface area contributed by atoms with E-state index in [0.29, 0.717) is 12.5 Å². The molecule has 0 spiro atoms. The van der Waals surface area contributed by atoms with Gasteiger partial charge in [0.1, 0.15) is 5.82 Å². The Morgan fingerprint density at radius 1 is 1.28 bits per heavy atom. The first kappa shape index (κ1) is 21.6. The molecule has 2 N–H and O–H groups in total. The smallest absolute Gasteiger partial charge is 0.191 e. The third-order valence-corrected chi connectivity index (χ3v) is 5.71. The highest BCUT2D eigenvalue weighted by atomic mass is 32.1. The second-order valence-corrected chi connectivity index (χ2v) is 8.50. The normalized spacial score (nSPS) is 21.1. The van der Waals surface area contributed by atoms with Crippen LogP contribution < -0.4 is 15.5 Å². The third-order valence-electron chi connectivity index (χ3n) is 5.00.